The normalized spacial score (nSPS) is 22.8. The van der Waals surface area contributed by atoms with Gasteiger partial charge in [0.25, 0.3) is 0 Å². The zero-order valence-corrected chi connectivity index (χ0v) is 21.2. The number of anilines is 2. The van der Waals surface area contributed by atoms with Crippen LogP contribution in [0.4, 0.5) is 16.3 Å². The molecule has 1 aliphatic heterocycles. The molecule has 3 fully saturated rings. The average Bonchev–Trinajstić information content (AvgIpc) is 3.28. The van der Waals surface area contributed by atoms with Crippen molar-refractivity contribution in [2.75, 3.05) is 16.8 Å². The summed E-state index contributed by atoms with van der Waals surface area (Å²) in [7, 11) is 0. The van der Waals surface area contributed by atoms with Gasteiger partial charge >= 0.3 is 6.09 Å². The summed E-state index contributed by atoms with van der Waals surface area (Å²) in [5.74, 6) is -0.247. The number of carbonyl (C=O) groups excluding carboxylic acids is 3. The molecule has 3 amide bonds. The largest absolute Gasteiger partial charge is 0.446 e. The summed E-state index contributed by atoms with van der Waals surface area (Å²) in [6.07, 6.45) is 5.13. The number of hydrogen-bond donors (Lipinski definition) is 3. The summed E-state index contributed by atoms with van der Waals surface area (Å²) in [6.45, 7) is 4.40. The molecular formula is C27H32N6O4. The number of ether oxygens (including phenoxy) is 1. The molecule has 3 aliphatic rings. The van der Waals surface area contributed by atoms with Gasteiger partial charge in [-0.25, -0.2) is 4.79 Å². The number of carbonyl (C=O) groups is 3. The molecule has 3 atom stereocenters. The van der Waals surface area contributed by atoms with Gasteiger partial charge in [-0.15, -0.1) is 0 Å². The molecule has 2 heterocycles. The standard InChI is InChI=1S/C27H32N6O4/c1-16(21-8-6-19(12-18(21)15-28)33-11-3-4-24(33)34)25(35)29-23-14-22(31-32-23)17-5-7-20(13-17)37-26(36)30-27(2)9-10-27/h6,8,12,14,16-17,20H,3-5,7,9-11,13H2,1-2H3,(H,30,36)(H2,29,31,32,35)/t16?,17-,20+/m0/s1. The van der Waals surface area contributed by atoms with Gasteiger partial charge in [0.1, 0.15) is 6.10 Å². The smallest absolute Gasteiger partial charge is 0.407 e. The van der Waals surface area contributed by atoms with Crippen LogP contribution in [0.5, 0.6) is 0 Å². The highest BCUT2D eigenvalue weighted by atomic mass is 16.6. The molecule has 2 saturated carbocycles. The van der Waals surface area contributed by atoms with Crippen LogP contribution in [0, 0.1) is 11.3 Å². The van der Waals surface area contributed by atoms with Crippen LogP contribution < -0.4 is 15.5 Å². The van der Waals surface area contributed by atoms with E-state index >= 15 is 0 Å². The van der Waals surface area contributed by atoms with Gasteiger partial charge in [-0.1, -0.05) is 6.07 Å². The fourth-order valence-corrected chi connectivity index (χ4v) is 5.16. The second-order valence-electron chi connectivity index (χ2n) is 10.7. The minimum absolute atomic E-state index is 0.0489. The molecule has 0 bridgehead atoms. The van der Waals surface area contributed by atoms with Crippen molar-refractivity contribution < 1.29 is 19.1 Å². The Kier molecular flexibility index (Phi) is 6.63. The molecule has 10 heteroatoms. The van der Waals surface area contributed by atoms with Crippen molar-refractivity contribution in [3.8, 4) is 6.07 Å². The predicted molar refractivity (Wildman–Crippen MR) is 136 cm³/mol. The molecule has 0 radical (unpaired) electrons. The van der Waals surface area contributed by atoms with Gasteiger partial charge in [-0.3, -0.25) is 14.7 Å². The van der Waals surface area contributed by atoms with Crippen LogP contribution >= 0.6 is 0 Å². The van der Waals surface area contributed by atoms with Gasteiger partial charge in [-0.05, 0) is 70.1 Å². The number of aromatic nitrogens is 2. The maximum atomic E-state index is 13.0. The quantitative estimate of drug-likeness (QED) is 0.519. The molecular weight excluding hydrogens is 472 g/mol. The maximum Gasteiger partial charge on any atom is 0.407 e. The third-order valence-corrected chi connectivity index (χ3v) is 7.75. The highest BCUT2D eigenvalue weighted by Gasteiger charge is 2.40. The number of hydrogen-bond acceptors (Lipinski definition) is 6. The van der Waals surface area contributed by atoms with Gasteiger partial charge in [0, 0.05) is 41.9 Å². The van der Waals surface area contributed by atoms with E-state index in [9.17, 15) is 19.6 Å². The van der Waals surface area contributed by atoms with Crippen LogP contribution in [-0.4, -0.2) is 46.3 Å². The lowest BCUT2D eigenvalue weighted by Gasteiger charge is -2.18. The number of nitriles is 1. The number of H-pyrrole nitrogens is 1. The van der Waals surface area contributed by atoms with Gasteiger partial charge in [0.15, 0.2) is 5.82 Å². The van der Waals surface area contributed by atoms with Crippen molar-refractivity contribution in [3.63, 3.8) is 0 Å². The SMILES string of the molecule is CC(C(=O)Nc1cc([C@H]2CC[C@@H](OC(=O)NC3(C)CC3)C2)[nH]n1)c1ccc(N2CCCC2=O)cc1C#N. The van der Waals surface area contributed by atoms with E-state index in [-0.39, 0.29) is 35.5 Å². The first-order chi connectivity index (χ1) is 17.7. The third-order valence-electron chi connectivity index (χ3n) is 7.75. The van der Waals surface area contributed by atoms with E-state index in [0.717, 1.165) is 37.8 Å². The van der Waals surface area contributed by atoms with Crippen molar-refractivity contribution >= 4 is 29.4 Å². The first kappa shape index (κ1) is 24.8. The summed E-state index contributed by atoms with van der Waals surface area (Å²) in [5.41, 5.74) is 2.44. The third kappa shape index (κ3) is 5.45. The van der Waals surface area contributed by atoms with Crippen molar-refractivity contribution in [2.24, 2.45) is 0 Å². The Balaban J connectivity index is 1.18. The predicted octanol–water partition coefficient (Wildman–Crippen LogP) is 4.07. The molecule has 194 valence electrons. The summed E-state index contributed by atoms with van der Waals surface area (Å²) < 4.78 is 5.60. The number of alkyl carbamates (subject to hydrolysis) is 1. The second kappa shape index (κ2) is 9.88. The van der Waals surface area contributed by atoms with Crippen molar-refractivity contribution in [2.45, 2.75) is 82.3 Å². The number of nitrogens with zero attached hydrogens (tertiary/aromatic N) is 3. The fourth-order valence-electron chi connectivity index (χ4n) is 5.16. The average molecular weight is 505 g/mol. The van der Waals surface area contributed by atoms with Gasteiger partial charge < -0.3 is 20.3 Å². The molecule has 5 rings (SSSR count). The van der Waals surface area contributed by atoms with Crippen LogP contribution in [0.3, 0.4) is 0 Å². The summed E-state index contributed by atoms with van der Waals surface area (Å²) in [5, 5.41) is 22.7. The lowest BCUT2D eigenvalue weighted by molar-refractivity contribution is -0.118. The first-order valence-electron chi connectivity index (χ1n) is 12.9. The van der Waals surface area contributed by atoms with E-state index < -0.39 is 5.92 Å². The summed E-state index contributed by atoms with van der Waals surface area (Å²) in [6, 6.07) is 9.20. The second-order valence-corrected chi connectivity index (χ2v) is 10.7. The molecule has 1 aromatic heterocycles. The molecule has 10 nitrogen and oxygen atoms in total. The minimum atomic E-state index is -0.589. The van der Waals surface area contributed by atoms with Crippen molar-refractivity contribution in [1.82, 2.24) is 15.5 Å². The highest BCUT2D eigenvalue weighted by Crippen LogP contribution is 2.37. The van der Waals surface area contributed by atoms with Gasteiger partial charge in [-0.2, -0.15) is 10.4 Å². The highest BCUT2D eigenvalue weighted by molar-refractivity contribution is 5.97. The van der Waals surface area contributed by atoms with Crippen molar-refractivity contribution in [3.05, 3.63) is 41.1 Å². The molecule has 1 aromatic carbocycles. The Morgan fingerprint density at radius 2 is 2.11 bits per heavy atom. The zero-order chi connectivity index (χ0) is 26.2. The Bertz CT molecular complexity index is 1260. The Hall–Kier alpha value is -3.87. The van der Waals surface area contributed by atoms with Crippen LogP contribution in [0.15, 0.2) is 24.3 Å². The Morgan fingerprint density at radius 1 is 1.30 bits per heavy atom. The topological polar surface area (TPSA) is 140 Å². The molecule has 1 saturated heterocycles. The minimum Gasteiger partial charge on any atom is -0.446 e. The van der Waals surface area contributed by atoms with Crippen LogP contribution in [0.25, 0.3) is 0 Å². The molecule has 2 aromatic rings. The Morgan fingerprint density at radius 3 is 2.81 bits per heavy atom. The van der Waals surface area contributed by atoms with E-state index in [1.807, 2.05) is 13.0 Å². The number of nitrogens with one attached hydrogen (secondary N) is 3. The van der Waals surface area contributed by atoms with E-state index in [1.165, 1.54) is 0 Å². The maximum absolute atomic E-state index is 13.0. The monoisotopic (exact) mass is 504 g/mol. The molecule has 3 N–H and O–H groups in total. The number of aromatic amines is 1. The van der Waals surface area contributed by atoms with Gasteiger partial charge in [0.2, 0.25) is 11.8 Å². The Labute approximate surface area is 215 Å². The van der Waals surface area contributed by atoms with Crippen LogP contribution in [-0.2, 0) is 14.3 Å². The van der Waals surface area contributed by atoms with Crippen molar-refractivity contribution in [1.29, 1.82) is 5.26 Å². The van der Waals surface area contributed by atoms with E-state index in [0.29, 0.717) is 42.0 Å². The number of amides is 3. The molecule has 37 heavy (non-hydrogen) atoms. The summed E-state index contributed by atoms with van der Waals surface area (Å²) >= 11 is 0. The van der Waals surface area contributed by atoms with Gasteiger partial charge in [0.05, 0.1) is 17.6 Å². The molecule has 1 unspecified atom stereocenters. The first-order valence-corrected chi connectivity index (χ1v) is 12.9. The van der Waals surface area contributed by atoms with Crippen LogP contribution in [0.2, 0.25) is 0 Å². The van der Waals surface area contributed by atoms with E-state index in [4.69, 9.17) is 4.74 Å². The number of rotatable bonds is 7. The fraction of sp³-hybridized carbons (Fsp3) is 0.519. The number of benzene rings is 1. The molecule has 2 aliphatic carbocycles. The summed E-state index contributed by atoms with van der Waals surface area (Å²) in [4.78, 5) is 38.8. The lowest BCUT2D eigenvalue weighted by atomic mass is 9.94. The van der Waals surface area contributed by atoms with Crippen LogP contribution in [0.1, 0.15) is 87.4 Å². The zero-order valence-electron chi connectivity index (χ0n) is 21.2. The molecule has 0 spiro atoms. The lowest BCUT2D eigenvalue weighted by Crippen LogP contribution is -2.36. The van der Waals surface area contributed by atoms with E-state index in [1.54, 1.807) is 30.0 Å². The van der Waals surface area contributed by atoms with E-state index in [2.05, 4.69) is 26.9 Å².